The fraction of sp³-hybridized carbons (Fsp3) is 1.00. The molecule has 0 N–H and O–H groups in total. The average Bonchev–Trinajstić information content (AvgIpc) is 2.49. The molecule has 18 heteroatoms. The van der Waals surface area contributed by atoms with Crippen molar-refractivity contribution in [3.63, 3.8) is 0 Å². The SMILES string of the molecule is CCCCOS(=O)(=O)CC(F)(F)C(F)(F)F.CCCOS(=O)(=O)CC(F)(F)C(F)(F)F. The van der Waals surface area contributed by atoms with Crippen molar-refractivity contribution in [2.24, 2.45) is 0 Å². The first-order chi connectivity index (χ1) is 13.5. The van der Waals surface area contributed by atoms with E-state index in [1.807, 2.05) is 0 Å². The number of hydrogen-bond donors (Lipinski definition) is 0. The number of alkyl halides is 10. The number of hydrogen-bond acceptors (Lipinski definition) is 6. The second-order valence-electron chi connectivity index (χ2n) is 5.81. The third-order valence-electron chi connectivity index (χ3n) is 2.77. The Bertz CT molecular complexity index is 729. The highest BCUT2D eigenvalue weighted by atomic mass is 32.2. The Morgan fingerprint density at radius 1 is 0.581 bits per heavy atom. The standard InChI is InChI=1S/C7H11F5O3S.C6H9F5O3S/c1-2-3-4-15-16(13,14)5-6(8,9)7(10,11)12;1-2-3-14-15(12,13)4-5(7,8)6(9,10)11/h2-5H2,1H3;2-4H2,1H3. The summed E-state index contributed by atoms with van der Waals surface area (Å²) in [6, 6.07) is 0. The van der Waals surface area contributed by atoms with Gasteiger partial charge in [-0.1, -0.05) is 20.3 Å². The smallest absolute Gasteiger partial charge is 0.270 e. The highest BCUT2D eigenvalue weighted by Crippen LogP contribution is 2.37. The maximum Gasteiger partial charge on any atom is 0.454 e. The Labute approximate surface area is 172 Å². The van der Waals surface area contributed by atoms with Crippen molar-refractivity contribution in [1.82, 2.24) is 0 Å². The van der Waals surface area contributed by atoms with Gasteiger partial charge in [-0.3, -0.25) is 8.37 Å². The van der Waals surface area contributed by atoms with Crippen LogP contribution in [0.15, 0.2) is 0 Å². The molecule has 190 valence electrons. The minimum Gasteiger partial charge on any atom is -0.270 e. The summed E-state index contributed by atoms with van der Waals surface area (Å²) < 4.78 is 170. The van der Waals surface area contributed by atoms with Crippen molar-refractivity contribution in [2.75, 3.05) is 24.7 Å². The molecule has 0 aromatic carbocycles. The molecule has 0 aliphatic heterocycles. The van der Waals surface area contributed by atoms with Crippen LogP contribution in [0.1, 0.15) is 33.1 Å². The maximum atomic E-state index is 12.4. The molecule has 0 unspecified atom stereocenters. The van der Waals surface area contributed by atoms with E-state index >= 15 is 0 Å². The van der Waals surface area contributed by atoms with Crippen molar-refractivity contribution in [3.05, 3.63) is 0 Å². The maximum absolute atomic E-state index is 12.4. The van der Waals surface area contributed by atoms with E-state index < -0.39 is 69.2 Å². The molecule has 0 bridgehead atoms. The third-order valence-corrected chi connectivity index (χ3v) is 5.26. The van der Waals surface area contributed by atoms with Gasteiger partial charge in [0, 0.05) is 0 Å². The van der Waals surface area contributed by atoms with Crippen molar-refractivity contribution in [2.45, 2.75) is 57.3 Å². The van der Waals surface area contributed by atoms with E-state index in [1.54, 1.807) is 6.92 Å². The summed E-state index contributed by atoms with van der Waals surface area (Å²) >= 11 is 0. The largest absolute Gasteiger partial charge is 0.454 e. The summed E-state index contributed by atoms with van der Waals surface area (Å²) in [5.41, 5.74) is 0. The van der Waals surface area contributed by atoms with Gasteiger partial charge < -0.3 is 0 Å². The van der Waals surface area contributed by atoms with Crippen LogP contribution in [0.25, 0.3) is 0 Å². The zero-order valence-electron chi connectivity index (χ0n) is 16.0. The van der Waals surface area contributed by atoms with E-state index in [0.29, 0.717) is 6.42 Å². The highest BCUT2D eigenvalue weighted by molar-refractivity contribution is 7.87. The predicted octanol–water partition coefficient (Wildman–Crippen LogP) is 4.27. The Morgan fingerprint density at radius 3 is 1.16 bits per heavy atom. The first kappa shape index (κ1) is 32.3. The Morgan fingerprint density at radius 2 is 0.903 bits per heavy atom. The lowest BCUT2D eigenvalue weighted by atomic mass is 10.4. The fourth-order valence-corrected chi connectivity index (χ4v) is 3.41. The summed E-state index contributed by atoms with van der Waals surface area (Å²) in [6.45, 7) is 2.35. The summed E-state index contributed by atoms with van der Waals surface area (Å²) in [5, 5.41) is 0. The number of unbranched alkanes of at least 4 members (excludes halogenated alkanes) is 1. The van der Waals surface area contributed by atoms with Crippen LogP contribution in [-0.2, 0) is 28.6 Å². The van der Waals surface area contributed by atoms with Crippen LogP contribution in [0, 0.1) is 0 Å². The number of rotatable bonds is 11. The first-order valence-electron chi connectivity index (χ1n) is 8.17. The molecule has 0 fully saturated rings. The van der Waals surface area contributed by atoms with Gasteiger partial charge in [0.2, 0.25) is 0 Å². The van der Waals surface area contributed by atoms with Gasteiger partial charge in [0.15, 0.2) is 0 Å². The number of halogens is 10. The molecule has 0 aromatic rings. The van der Waals surface area contributed by atoms with Crippen LogP contribution in [-0.4, -0.2) is 65.8 Å². The molecule has 0 heterocycles. The Balaban J connectivity index is 0. The molecular formula is C13H20F10O6S2. The average molecular weight is 526 g/mol. The van der Waals surface area contributed by atoms with Gasteiger partial charge in [0.1, 0.15) is 11.5 Å². The van der Waals surface area contributed by atoms with Crippen LogP contribution in [0.3, 0.4) is 0 Å². The first-order valence-corrected chi connectivity index (χ1v) is 11.3. The molecular weight excluding hydrogens is 506 g/mol. The summed E-state index contributed by atoms with van der Waals surface area (Å²) in [4.78, 5) is 0. The van der Waals surface area contributed by atoms with Crippen molar-refractivity contribution in [1.29, 1.82) is 0 Å². The van der Waals surface area contributed by atoms with E-state index in [4.69, 9.17) is 0 Å². The van der Waals surface area contributed by atoms with E-state index in [2.05, 4.69) is 8.37 Å². The molecule has 31 heavy (non-hydrogen) atoms. The van der Waals surface area contributed by atoms with Gasteiger partial charge in [-0.25, -0.2) is 0 Å². The minimum absolute atomic E-state index is 0.191. The topological polar surface area (TPSA) is 86.7 Å². The van der Waals surface area contributed by atoms with Crippen LogP contribution in [0.5, 0.6) is 0 Å². The van der Waals surface area contributed by atoms with Crippen molar-refractivity contribution >= 4 is 20.2 Å². The second-order valence-corrected chi connectivity index (χ2v) is 9.09. The molecule has 0 aromatic heterocycles. The van der Waals surface area contributed by atoms with E-state index in [-0.39, 0.29) is 12.8 Å². The van der Waals surface area contributed by atoms with Crippen molar-refractivity contribution < 1.29 is 69.1 Å². The summed E-state index contributed by atoms with van der Waals surface area (Å²) in [7, 11) is -9.72. The zero-order chi connectivity index (χ0) is 25.4. The molecule has 0 saturated carbocycles. The summed E-state index contributed by atoms with van der Waals surface area (Å²) in [6.07, 6.45) is -10.8. The van der Waals surface area contributed by atoms with Gasteiger partial charge in [-0.15, -0.1) is 0 Å². The van der Waals surface area contributed by atoms with Crippen LogP contribution in [0.4, 0.5) is 43.9 Å². The van der Waals surface area contributed by atoms with E-state index in [1.165, 1.54) is 6.92 Å². The van der Waals surface area contributed by atoms with Crippen LogP contribution >= 0.6 is 0 Å². The monoisotopic (exact) mass is 526 g/mol. The van der Waals surface area contributed by atoms with Gasteiger partial charge >= 0.3 is 24.2 Å². The minimum atomic E-state index is -5.89. The fourth-order valence-electron chi connectivity index (χ4n) is 1.23. The zero-order valence-corrected chi connectivity index (χ0v) is 17.6. The second kappa shape index (κ2) is 11.8. The van der Waals surface area contributed by atoms with Crippen molar-refractivity contribution in [3.8, 4) is 0 Å². The van der Waals surface area contributed by atoms with Gasteiger partial charge in [-0.05, 0) is 12.8 Å². The lowest BCUT2D eigenvalue weighted by molar-refractivity contribution is -0.272. The molecule has 0 spiro atoms. The molecule has 0 aliphatic rings. The highest BCUT2D eigenvalue weighted by Gasteiger charge is 2.60. The molecule has 0 amide bonds. The summed E-state index contributed by atoms with van der Waals surface area (Å²) in [5.74, 6) is -15.4. The van der Waals surface area contributed by atoms with Gasteiger partial charge in [0.25, 0.3) is 20.2 Å². The molecule has 0 radical (unpaired) electrons. The Kier molecular flexibility index (Phi) is 12.3. The quantitative estimate of drug-likeness (QED) is 0.227. The van der Waals surface area contributed by atoms with E-state index in [9.17, 15) is 60.7 Å². The van der Waals surface area contributed by atoms with E-state index in [0.717, 1.165) is 0 Å². The molecule has 0 atom stereocenters. The molecule has 0 rings (SSSR count). The lowest BCUT2D eigenvalue weighted by Gasteiger charge is -2.18. The Hall–Kier alpha value is -0.880. The molecule has 6 nitrogen and oxygen atoms in total. The van der Waals surface area contributed by atoms with Gasteiger partial charge in [0.05, 0.1) is 13.2 Å². The van der Waals surface area contributed by atoms with Crippen LogP contribution < -0.4 is 0 Å². The molecule has 0 saturated heterocycles. The lowest BCUT2D eigenvalue weighted by Crippen LogP contribution is -2.43. The predicted molar refractivity (Wildman–Crippen MR) is 86.7 cm³/mol. The van der Waals surface area contributed by atoms with Crippen LogP contribution in [0.2, 0.25) is 0 Å². The van der Waals surface area contributed by atoms with Gasteiger partial charge in [-0.2, -0.15) is 60.7 Å². The third kappa shape index (κ3) is 13.3. The normalized spacial score (nSPS) is 14.2. The molecule has 0 aliphatic carbocycles.